The molecule has 0 saturated carbocycles. The summed E-state index contributed by atoms with van der Waals surface area (Å²) >= 11 is 1.94. The smallest absolute Gasteiger partial charge is 0.0328 e. The van der Waals surface area contributed by atoms with Crippen LogP contribution in [-0.2, 0) is 13.1 Å². The van der Waals surface area contributed by atoms with Gasteiger partial charge in [0, 0.05) is 35.4 Å². The number of thiophene rings is 1. The van der Waals surface area contributed by atoms with Crippen LogP contribution in [0.2, 0.25) is 0 Å². The summed E-state index contributed by atoms with van der Waals surface area (Å²) in [6.07, 6.45) is 0. The standard InChI is InChI=1S/C15H28N2S/c1-6-17(10-12(2)3)11-15-8-7-14(18-15)9-16-13(4)5/h7-8,12-13,16H,6,9-11H2,1-5H3. The van der Waals surface area contributed by atoms with Crippen LogP contribution in [0.3, 0.4) is 0 Å². The summed E-state index contributed by atoms with van der Waals surface area (Å²) in [4.78, 5) is 5.45. The molecule has 18 heavy (non-hydrogen) atoms. The van der Waals surface area contributed by atoms with Crippen LogP contribution in [0.15, 0.2) is 12.1 Å². The van der Waals surface area contributed by atoms with E-state index in [4.69, 9.17) is 0 Å². The van der Waals surface area contributed by atoms with Crippen molar-refractivity contribution in [1.82, 2.24) is 10.2 Å². The van der Waals surface area contributed by atoms with Crippen molar-refractivity contribution >= 4 is 11.3 Å². The highest BCUT2D eigenvalue weighted by Crippen LogP contribution is 2.18. The van der Waals surface area contributed by atoms with Gasteiger partial charge in [0.2, 0.25) is 0 Å². The Morgan fingerprint density at radius 2 is 1.83 bits per heavy atom. The third kappa shape index (κ3) is 5.98. The maximum absolute atomic E-state index is 3.47. The molecule has 1 aromatic heterocycles. The summed E-state index contributed by atoms with van der Waals surface area (Å²) in [7, 11) is 0. The molecule has 0 aliphatic heterocycles. The Morgan fingerprint density at radius 3 is 2.39 bits per heavy atom. The third-order valence-electron chi connectivity index (χ3n) is 2.85. The molecule has 0 aromatic carbocycles. The normalized spacial score (nSPS) is 12.0. The van der Waals surface area contributed by atoms with Crippen LogP contribution < -0.4 is 5.32 Å². The van der Waals surface area contributed by atoms with Gasteiger partial charge in [-0.05, 0) is 24.6 Å². The van der Waals surface area contributed by atoms with Gasteiger partial charge in [-0.3, -0.25) is 4.90 Å². The summed E-state index contributed by atoms with van der Waals surface area (Å²) < 4.78 is 0. The lowest BCUT2D eigenvalue weighted by molar-refractivity contribution is 0.250. The van der Waals surface area contributed by atoms with E-state index in [9.17, 15) is 0 Å². The van der Waals surface area contributed by atoms with E-state index < -0.39 is 0 Å². The zero-order valence-electron chi connectivity index (χ0n) is 12.5. The summed E-state index contributed by atoms with van der Waals surface area (Å²) in [6, 6.07) is 5.10. The van der Waals surface area contributed by atoms with E-state index in [2.05, 4.69) is 57.0 Å². The fourth-order valence-corrected chi connectivity index (χ4v) is 2.96. The Hall–Kier alpha value is -0.380. The molecule has 0 amide bonds. The number of hydrogen-bond donors (Lipinski definition) is 1. The van der Waals surface area contributed by atoms with Crippen LogP contribution in [0.1, 0.15) is 44.4 Å². The molecule has 1 N–H and O–H groups in total. The molecule has 3 heteroatoms. The second-order valence-corrected chi connectivity index (χ2v) is 6.88. The minimum Gasteiger partial charge on any atom is -0.310 e. The lowest BCUT2D eigenvalue weighted by Gasteiger charge is -2.21. The van der Waals surface area contributed by atoms with E-state index in [0.717, 1.165) is 25.6 Å². The number of hydrogen-bond acceptors (Lipinski definition) is 3. The van der Waals surface area contributed by atoms with Crippen LogP contribution in [0.4, 0.5) is 0 Å². The minimum atomic E-state index is 0.559. The second-order valence-electron chi connectivity index (χ2n) is 5.63. The SMILES string of the molecule is CCN(Cc1ccc(CNC(C)C)s1)CC(C)C. The van der Waals surface area contributed by atoms with Gasteiger partial charge in [0.15, 0.2) is 0 Å². The Labute approximate surface area is 116 Å². The van der Waals surface area contributed by atoms with Crippen molar-refractivity contribution in [1.29, 1.82) is 0 Å². The highest BCUT2D eigenvalue weighted by Gasteiger charge is 2.08. The van der Waals surface area contributed by atoms with Gasteiger partial charge < -0.3 is 5.32 Å². The molecule has 0 aliphatic rings. The molecular formula is C15H28N2S. The lowest BCUT2D eigenvalue weighted by Crippen LogP contribution is -2.26. The van der Waals surface area contributed by atoms with E-state index in [1.54, 1.807) is 0 Å². The molecule has 0 saturated heterocycles. The third-order valence-corrected chi connectivity index (χ3v) is 3.92. The molecule has 0 aliphatic carbocycles. The van der Waals surface area contributed by atoms with Crippen molar-refractivity contribution in [2.75, 3.05) is 13.1 Å². The van der Waals surface area contributed by atoms with Gasteiger partial charge in [-0.15, -0.1) is 11.3 Å². The fraction of sp³-hybridized carbons (Fsp3) is 0.733. The highest BCUT2D eigenvalue weighted by molar-refractivity contribution is 7.11. The molecule has 1 heterocycles. The molecule has 1 aromatic rings. The molecule has 0 radical (unpaired) electrons. The van der Waals surface area contributed by atoms with Gasteiger partial charge in [-0.1, -0.05) is 34.6 Å². The van der Waals surface area contributed by atoms with Gasteiger partial charge in [-0.2, -0.15) is 0 Å². The minimum absolute atomic E-state index is 0.559. The quantitative estimate of drug-likeness (QED) is 0.773. The summed E-state index contributed by atoms with van der Waals surface area (Å²) in [5.74, 6) is 0.743. The van der Waals surface area contributed by atoms with Crippen molar-refractivity contribution in [2.45, 2.75) is 53.8 Å². The van der Waals surface area contributed by atoms with Crippen LogP contribution in [0.25, 0.3) is 0 Å². The Kier molecular flexibility index (Phi) is 6.90. The molecule has 0 unspecified atom stereocenters. The summed E-state index contributed by atoms with van der Waals surface area (Å²) in [6.45, 7) is 15.6. The van der Waals surface area contributed by atoms with Gasteiger partial charge in [0.05, 0.1) is 0 Å². The Morgan fingerprint density at radius 1 is 1.17 bits per heavy atom. The monoisotopic (exact) mass is 268 g/mol. The second kappa shape index (κ2) is 7.93. The van der Waals surface area contributed by atoms with Crippen molar-refractivity contribution in [3.8, 4) is 0 Å². The molecular weight excluding hydrogens is 240 g/mol. The van der Waals surface area contributed by atoms with Crippen molar-refractivity contribution in [2.24, 2.45) is 5.92 Å². The molecule has 104 valence electrons. The van der Waals surface area contributed by atoms with Gasteiger partial charge >= 0.3 is 0 Å². The zero-order valence-corrected chi connectivity index (χ0v) is 13.3. The van der Waals surface area contributed by atoms with Crippen LogP contribution in [0, 0.1) is 5.92 Å². The molecule has 0 fully saturated rings. The first-order chi connectivity index (χ1) is 8.51. The average molecular weight is 268 g/mol. The van der Waals surface area contributed by atoms with Crippen molar-refractivity contribution in [3.63, 3.8) is 0 Å². The molecule has 0 spiro atoms. The lowest BCUT2D eigenvalue weighted by atomic mass is 10.2. The molecule has 1 rings (SSSR count). The average Bonchev–Trinajstić information content (AvgIpc) is 2.72. The van der Waals surface area contributed by atoms with Crippen LogP contribution >= 0.6 is 11.3 Å². The van der Waals surface area contributed by atoms with E-state index in [-0.39, 0.29) is 0 Å². The van der Waals surface area contributed by atoms with Crippen molar-refractivity contribution in [3.05, 3.63) is 21.9 Å². The van der Waals surface area contributed by atoms with E-state index in [1.165, 1.54) is 16.3 Å². The summed E-state index contributed by atoms with van der Waals surface area (Å²) in [5.41, 5.74) is 0. The van der Waals surface area contributed by atoms with Crippen LogP contribution in [0.5, 0.6) is 0 Å². The first kappa shape index (κ1) is 15.7. The van der Waals surface area contributed by atoms with E-state index in [1.807, 2.05) is 11.3 Å². The Bertz CT molecular complexity index is 331. The van der Waals surface area contributed by atoms with Crippen molar-refractivity contribution < 1.29 is 0 Å². The van der Waals surface area contributed by atoms with Gasteiger partial charge in [0.1, 0.15) is 0 Å². The maximum atomic E-state index is 3.47. The van der Waals surface area contributed by atoms with E-state index >= 15 is 0 Å². The van der Waals surface area contributed by atoms with E-state index in [0.29, 0.717) is 6.04 Å². The Balaban J connectivity index is 2.46. The largest absolute Gasteiger partial charge is 0.310 e. The van der Waals surface area contributed by atoms with Gasteiger partial charge in [0.25, 0.3) is 0 Å². The predicted octanol–water partition coefficient (Wildman–Crippen LogP) is 3.72. The van der Waals surface area contributed by atoms with Gasteiger partial charge in [-0.25, -0.2) is 0 Å². The molecule has 2 nitrogen and oxygen atoms in total. The predicted molar refractivity (Wildman–Crippen MR) is 82.1 cm³/mol. The molecule has 0 bridgehead atoms. The first-order valence-electron chi connectivity index (χ1n) is 7.04. The number of nitrogens with one attached hydrogen (secondary N) is 1. The maximum Gasteiger partial charge on any atom is 0.0328 e. The number of rotatable bonds is 8. The van der Waals surface area contributed by atoms with Crippen LogP contribution in [-0.4, -0.2) is 24.0 Å². The topological polar surface area (TPSA) is 15.3 Å². The first-order valence-corrected chi connectivity index (χ1v) is 7.86. The zero-order chi connectivity index (χ0) is 13.5. The summed E-state index contributed by atoms with van der Waals surface area (Å²) in [5, 5.41) is 3.47. The number of nitrogens with zero attached hydrogens (tertiary/aromatic N) is 1. The highest BCUT2D eigenvalue weighted by atomic mass is 32.1. The fourth-order valence-electron chi connectivity index (χ4n) is 1.95. The molecule has 0 atom stereocenters.